The molecule has 21 heavy (non-hydrogen) atoms. The van der Waals surface area contributed by atoms with Gasteiger partial charge in [-0.15, -0.1) is 0 Å². The van der Waals surface area contributed by atoms with Crippen LogP contribution in [0.4, 0.5) is 5.69 Å². The Kier molecular flexibility index (Phi) is 5.68. The molecule has 2 nitrogen and oxygen atoms in total. The molecule has 2 N–H and O–H groups in total. The van der Waals surface area contributed by atoms with E-state index in [0.717, 1.165) is 19.3 Å². The van der Waals surface area contributed by atoms with Gasteiger partial charge in [-0.05, 0) is 55.5 Å². The first-order chi connectivity index (χ1) is 10.2. The Hall–Kier alpha value is -1.96. The minimum absolute atomic E-state index is 0.332. The van der Waals surface area contributed by atoms with E-state index in [-0.39, 0.29) is 0 Å². The van der Waals surface area contributed by atoms with Gasteiger partial charge in [0.25, 0.3) is 0 Å². The van der Waals surface area contributed by atoms with Crippen LogP contribution in [0, 0.1) is 0 Å². The highest BCUT2D eigenvalue weighted by molar-refractivity contribution is 5.51. The van der Waals surface area contributed by atoms with Crippen LogP contribution in [0.3, 0.4) is 0 Å². The van der Waals surface area contributed by atoms with Crippen molar-refractivity contribution in [3.05, 3.63) is 59.7 Å². The Morgan fingerprint density at radius 2 is 1.71 bits per heavy atom. The number of rotatable bonds is 7. The topological polar surface area (TPSA) is 32.3 Å². The number of hydrogen-bond donors (Lipinski definition) is 2. The van der Waals surface area contributed by atoms with Crippen molar-refractivity contribution in [2.45, 2.75) is 45.6 Å². The number of anilines is 1. The van der Waals surface area contributed by atoms with Gasteiger partial charge in [0, 0.05) is 11.7 Å². The summed E-state index contributed by atoms with van der Waals surface area (Å²) in [6.07, 6.45) is 4.38. The number of nitrogens with one attached hydrogen (secondary N) is 1. The SMILES string of the molecule is CCCc1ccccc1NC(C)CCc1ccc(O)cc1. The van der Waals surface area contributed by atoms with Crippen molar-refractivity contribution < 1.29 is 5.11 Å². The summed E-state index contributed by atoms with van der Waals surface area (Å²) in [6, 6.07) is 16.5. The summed E-state index contributed by atoms with van der Waals surface area (Å²) in [5.74, 6) is 0.332. The van der Waals surface area contributed by atoms with Crippen molar-refractivity contribution in [2.24, 2.45) is 0 Å². The molecule has 0 fully saturated rings. The fraction of sp³-hybridized carbons (Fsp3) is 0.368. The molecule has 0 aliphatic carbocycles. The number of aryl methyl sites for hydroxylation is 2. The van der Waals surface area contributed by atoms with Gasteiger partial charge in [0.05, 0.1) is 0 Å². The Balaban J connectivity index is 1.89. The van der Waals surface area contributed by atoms with Crippen LogP contribution in [-0.2, 0) is 12.8 Å². The highest BCUT2D eigenvalue weighted by Crippen LogP contribution is 2.19. The molecular weight excluding hydrogens is 258 g/mol. The Morgan fingerprint density at radius 1 is 1.00 bits per heavy atom. The predicted molar refractivity (Wildman–Crippen MR) is 89.9 cm³/mol. The molecule has 0 radical (unpaired) electrons. The molecular formula is C19H25NO. The first kappa shape index (κ1) is 15.4. The molecule has 0 aliphatic rings. The highest BCUT2D eigenvalue weighted by atomic mass is 16.3. The van der Waals surface area contributed by atoms with E-state index in [2.05, 4.69) is 43.4 Å². The zero-order valence-electron chi connectivity index (χ0n) is 13.0. The van der Waals surface area contributed by atoms with Crippen LogP contribution in [0.2, 0.25) is 0 Å². The van der Waals surface area contributed by atoms with Crippen molar-refractivity contribution in [3.8, 4) is 5.75 Å². The van der Waals surface area contributed by atoms with Gasteiger partial charge in [-0.25, -0.2) is 0 Å². The normalized spacial score (nSPS) is 12.1. The van der Waals surface area contributed by atoms with Gasteiger partial charge < -0.3 is 10.4 Å². The zero-order chi connectivity index (χ0) is 15.1. The van der Waals surface area contributed by atoms with Crippen LogP contribution in [0.1, 0.15) is 37.8 Å². The lowest BCUT2D eigenvalue weighted by Gasteiger charge is -2.18. The molecule has 2 heteroatoms. The summed E-state index contributed by atoms with van der Waals surface area (Å²) in [7, 11) is 0. The number of phenols is 1. The van der Waals surface area contributed by atoms with Gasteiger partial charge in [-0.2, -0.15) is 0 Å². The van der Waals surface area contributed by atoms with E-state index < -0.39 is 0 Å². The monoisotopic (exact) mass is 283 g/mol. The Labute approximate surface area is 127 Å². The quantitative estimate of drug-likeness (QED) is 0.766. The molecule has 0 aliphatic heterocycles. The van der Waals surface area contributed by atoms with E-state index in [1.54, 1.807) is 12.1 Å². The lowest BCUT2D eigenvalue weighted by Crippen LogP contribution is -2.17. The molecule has 1 atom stereocenters. The minimum Gasteiger partial charge on any atom is -0.508 e. The van der Waals surface area contributed by atoms with E-state index in [0.29, 0.717) is 11.8 Å². The Morgan fingerprint density at radius 3 is 2.43 bits per heavy atom. The van der Waals surface area contributed by atoms with Crippen molar-refractivity contribution in [1.29, 1.82) is 0 Å². The van der Waals surface area contributed by atoms with Gasteiger partial charge in [-0.1, -0.05) is 43.7 Å². The number of aromatic hydroxyl groups is 1. The highest BCUT2D eigenvalue weighted by Gasteiger charge is 2.06. The van der Waals surface area contributed by atoms with Crippen LogP contribution in [0.25, 0.3) is 0 Å². The maximum Gasteiger partial charge on any atom is 0.115 e. The second-order valence-electron chi connectivity index (χ2n) is 5.66. The molecule has 0 saturated heterocycles. The van der Waals surface area contributed by atoms with Gasteiger partial charge in [0.1, 0.15) is 5.75 Å². The maximum absolute atomic E-state index is 9.30. The summed E-state index contributed by atoms with van der Waals surface area (Å²) in [5.41, 5.74) is 3.93. The second-order valence-corrected chi connectivity index (χ2v) is 5.66. The summed E-state index contributed by atoms with van der Waals surface area (Å²) >= 11 is 0. The van der Waals surface area contributed by atoms with Crippen LogP contribution in [0.5, 0.6) is 5.75 Å². The fourth-order valence-corrected chi connectivity index (χ4v) is 2.53. The van der Waals surface area contributed by atoms with Crippen molar-refractivity contribution >= 4 is 5.69 Å². The van der Waals surface area contributed by atoms with E-state index in [9.17, 15) is 5.11 Å². The lowest BCUT2D eigenvalue weighted by molar-refractivity contribution is 0.475. The molecule has 0 saturated carbocycles. The first-order valence-electron chi connectivity index (χ1n) is 7.81. The number of para-hydroxylation sites is 1. The van der Waals surface area contributed by atoms with E-state index >= 15 is 0 Å². The summed E-state index contributed by atoms with van der Waals surface area (Å²) in [6.45, 7) is 4.44. The van der Waals surface area contributed by atoms with Gasteiger partial charge in [0.15, 0.2) is 0 Å². The number of benzene rings is 2. The van der Waals surface area contributed by atoms with E-state index in [4.69, 9.17) is 0 Å². The molecule has 0 bridgehead atoms. The summed E-state index contributed by atoms with van der Waals surface area (Å²) in [4.78, 5) is 0. The molecule has 1 unspecified atom stereocenters. The van der Waals surface area contributed by atoms with Crippen molar-refractivity contribution in [3.63, 3.8) is 0 Å². The van der Waals surface area contributed by atoms with Gasteiger partial charge >= 0.3 is 0 Å². The maximum atomic E-state index is 9.30. The largest absolute Gasteiger partial charge is 0.508 e. The average molecular weight is 283 g/mol. The molecule has 2 aromatic rings. The van der Waals surface area contributed by atoms with Crippen molar-refractivity contribution in [2.75, 3.05) is 5.32 Å². The van der Waals surface area contributed by atoms with Crippen LogP contribution >= 0.6 is 0 Å². The smallest absolute Gasteiger partial charge is 0.115 e. The molecule has 2 aromatic carbocycles. The van der Waals surface area contributed by atoms with E-state index in [1.165, 1.54) is 23.2 Å². The van der Waals surface area contributed by atoms with Crippen LogP contribution in [0.15, 0.2) is 48.5 Å². The third-order valence-electron chi connectivity index (χ3n) is 3.74. The van der Waals surface area contributed by atoms with Crippen LogP contribution < -0.4 is 5.32 Å². The summed E-state index contributed by atoms with van der Waals surface area (Å²) in [5, 5.41) is 12.9. The second kappa shape index (κ2) is 7.72. The predicted octanol–water partition coefficient (Wildman–Crippen LogP) is 4.78. The molecule has 112 valence electrons. The average Bonchev–Trinajstić information content (AvgIpc) is 2.49. The number of phenolic OH excluding ortho intramolecular Hbond substituents is 1. The van der Waals surface area contributed by atoms with Crippen LogP contribution in [-0.4, -0.2) is 11.1 Å². The summed E-state index contributed by atoms with van der Waals surface area (Å²) < 4.78 is 0. The Bertz CT molecular complexity index is 548. The standard InChI is InChI=1S/C19H25NO/c1-3-6-17-7-4-5-8-19(17)20-15(2)9-10-16-11-13-18(21)14-12-16/h4-5,7-8,11-15,20-21H,3,6,9-10H2,1-2H3. The lowest BCUT2D eigenvalue weighted by atomic mass is 10.0. The van der Waals surface area contributed by atoms with Crippen molar-refractivity contribution in [1.82, 2.24) is 0 Å². The first-order valence-corrected chi connectivity index (χ1v) is 7.81. The zero-order valence-corrected chi connectivity index (χ0v) is 13.0. The number of hydrogen-bond acceptors (Lipinski definition) is 2. The molecule has 0 heterocycles. The molecule has 0 amide bonds. The molecule has 0 aromatic heterocycles. The van der Waals surface area contributed by atoms with Gasteiger partial charge in [0.2, 0.25) is 0 Å². The molecule has 0 spiro atoms. The fourth-order valence-electron chi connectivity index (χ4n) is 2.53. The third kappa shape index (κ3) is 4.82. The van der Waals surface area contributed by atoms with Gasteiger partial charge in [-0.3, -0.25) is 0 Å². The molecule has 2 rings (SSSR count). The third-order valence-corrected chi connectivity index (χ3v) is 3.74. The van der Waals surface area contributed by atoms with E-state index in [1.807, 2.05) is 12.1 Å². The minimum atomic E-state index is 0.332.